The zero-order valence-electron chi connectivity index (χ0n) is 13.0. The van der Waals surface area contributed by atoms with E-state index in [1.54, 1.807) is 0 Å². The highest BCUT2D eigenvalue weighted by atomic mass is 32.2. The predicted octanol–water partition coefficient (Wildman–Crippen LogP) is 1.14. The number of thioether (sulfide) groups is 1. The number of anilines is 2. The van der Waals surface area contributed by atoms with Crippen LogP contribution in [0.15, 0.2) is 11.2 Å². The van der Waals surface area contributed by atoms with E-state index in [0.717, 1.165) is 31.0 Å². The molecule has 0 aromatic carbocycles. The van der Waals surface area contributed by atoms with Gasteiger partial charge in [-0.25, -0.2) is 14.8 Å². The van der Waals surface area contributed by atoms with E-state index in [1.165, 1.54) is 12.5 Å². The number of nitrogens with zero attached hydrogens (tertiary/aromatic N) is 2. The van der Waals surface area contributed by atoms with E-state index in [-0.39, 0.29) is 23.4 Å². The summed E-state index contributed by atoms with van der Waals surface area (Å²) in [6.45, 7) is 2.11. The average molecular weight is 338 g/mol. The van der Waals surface area contributed by atoms with Crippen LogP contribution in [0.25, 0.3) is 0 Å². The lowest BCUT2D eigenvalue weighted by Crippen LogP contribution is -2.48. The summed E-state index contributed by atoms with van der Waals surface area (Å²) in [6.07, 6.45) is 4.35. The van der Waals surface area contributed by atoms with E-state index in [9.17, 15) is 9.59 Å². The number of imide groups is 1. The molecule has 0 spiro atoms. The molecule has 2 atom stereocenters. The van der Waals surface area contributed by atoms with Crippen LogP contribution in [-0.4, -0.2) is 33.7 Å². The Morgan fingerprint density at radius 2 is 1.91 bits per heavy atom. The topological polar surface area (TPSA) is 136 Å². The molecule has 6 N–H and O–H groups in total. The summed E-state index contributed by atoms with van der Waals surface area (Å²) in [5.41, 5.74) is 11.1. The van der Waals surface area contributed by atoms with Crippen LogP contribution in [0.2, 0.25) is 0 Å². The zero-order chi connectivity index (χ0) is 16.8. The van der Waals surface area contributed by atoms with Gasteiger partial charge in [0.1, 0.15) is 11.6 Å². The summed E-state index contributed by atoms with van der Waals surface area (Å²) >= 11 is 1.07. The molecule has 1 aliphatic rings. The second kappa shape index (κ2) is 8.00. The Morgan fingerprint density at radius 3 is 2.57 bits per heavy atom. The van der Waals surface area contributed by atoms with Crippen molar-refractivity contribution in [2.24, 2.45) is 5.92 Å². The van der Waals surface area contributed by atoms with Crippen LogP contribution >= 0.6 is 11.8 Å². The molecule has 0 aliphatic heterocycles. The third-order valence-corrected chi connectivity index (χ3v) is 4.61. The number of nitrogen functional groups attached to an aromatic ring is 2. The Bertz CT molecular complexity index is 562. The monoisotopic (exact) mass is 338 g/mol. The summed E-state index contributed by atoms with van der Waals surface area (Å²) in [7, 11) is 0. The Balaban J connectivity index is 1.76. The predicted molar refractivity (Wildman–Crippen MR) is 89.7 cm³/mol. The van der Waals surface area contributed by atoms with Crippen LogP contribution < -0.4 is 22.1 Å². The summed E-state index contributed by atoms with van der Waals surface area (Å²) in [5.74, 6) is 0.508. The van der Waals surface area contributed by atoms with Crippen molar-refractivity contribution in [3.05, 3.63) is 6.07 Å². The fraction of sp³-hybridized carbons (Fsp3) is 0.571. The molecule has 0 unspecified atom stereocenters. The first kappa shape index (κ1) is 17.3. The third-order valence-electron chi connectivity index (χ3n) is 3.76. The lowest BCUT2D eigenvalue weighted by Gasteiger charge is -2.29. The molecule has 1 aromatic heterocycles. The molecule has 1 aromatic rings. The maximum Gasteiger partial charge on any atom is 0.321 e. The number of rotatable bonds is 4. The van der Waals surface area contributed by atoms with Crippen LogP contribution in [0.5, 0.6) is 0 Å². The molecule has 8 nitrogen and oxygen atoms in total. The third kappa shape index (κ3) is 5.59. The fourth-order valence-electron chi connectivity index (χ4n) is 2.55. The molecule has 1 heterocycles. The molecule has 23 heavy (non-hydrogen) atoms. The Morgan fingerprint density at radius 1 is 1.26 bits per heavy atom. The van der Waals surface area contributed by atoms with Gasteiger partial charge in [-0.15, -0.1) is 0 Å². The Kier molecular flexibility index (Phi) is 6.03. The van der Waals surface area contributed by atoms with E-state index >= 15 is 0 Å². The number of aromatic nitrogens is 2. The summed E-state index contributed by atoms with van der Waals surface area (Å²) in [6, 6.07) is 1.10. The van der Waals surface area contributed by atoms with Gasteiger partial charge in [0, 0.05) is 12.1 Å². The van der Waals surface area contributed by atoms with Gasteiger partial charge < -0.3 is 16.8 Å². The van der Waals surface area contributed by atoms with Gasteiger partial charge in [0.05, 0.1) is 5.75 Å². The summed E-state index contributed by atoms with van der Waals surface area (Å²) < 4.78 is 0. The van der Waals surface area contributed by atoms with Crippen molar-refractivity contribution in [2.45, 2.75) is 43.8 Å². The highest BCUT2D eigenvalue weighted by Crippen LogP contribution is 2.23. The van der Waals surface area contributed by atoms with E-state index in [2.05, 4.69) is 27.5 Å². The van der Waals surface area contributed by atoms with Gasteiger partial charge >= 0.3 is 6.03 Å². The molecule has 9 heteroatoms. The number of hydrogen-bond acceptors (Lipinski definition) is 7. The van der Waals surface area contributed by atoms with E-state index in [0.29, 0.717) is 11.1 Å². The molecule has 0 radical (unpaired) electrons. The highest BCUT2D eigenvalue weighted by Gasteiger charge is 2.23. The van der Waals surface area contributed by atoms with Crippen molar-refractivity contribution in [3.63, 3.8) is 0 Å². The molecule has 1 fully saturated rings. The molecule has 1 saturated carbocycles. The molecular formula is C14H22N6O2S. The van der Waals surface area contributed by atoms with Gasteiger partial charge in [-0.2, -0.15) is 0 Å². The smallest absolute Gasteiger partial charge is 0.321 e. The number of amides is 3. The first-order chi connectivity index (χ1) is 10.9. The standard InChI is InChI=1S/C14H22N6O2S/c1-8-4-2-3-5-9(8)17-13(22)20-12(21)7-23-14-18-10(15)6-11(16)19-14/h6,8-9H,2-5,7H2,1H3,(H4,15,16,18,19)(H2,17,20,21,22)/t8-,9+/m0/s1. The van der Waals surface area contributed by atoms with Crippen molar-refractivity contribution in [1.82, 2.24) is 20.6 Å². The summed E-state index contributed by atoms with van der Waals surface area (Å²) in [5, 5.41) is 5.49. The number of urea groups is 1. The van der Waals surface area contributed by atoms with Gasteiger partial charge in [0.15, 0.2) is 5.16 Å². The molecule has 2 rings (SSSR count). The SMILES string of the molecule is C[C@H]1CCCC[C@H]1NC(=O)NC(=O)CSc1nc(N)cc(N)n1. The van der Waals surface area contributed by atoms with Crippen molar-refractivity contribution in [3.8, 4) is 0 Å². The van der Waals surface area contributed by atoms with Crippen LogP contribution in [0.3, 0.4) is 0 Å². The number of carbonyl (C=O) groups is 2. The normalized spacial score (nSPS) is 20.7. The van der Waals surface area contributed by atoms with Crippen LogP contribution in [0.1, 0.15) is 32.6 Å². The molecule has 0 saturated heterocycles. The first-order valence-electron chi connectivity index (χ1n) is 7.57. The van der Waals surface area contributed by atoms with Gasteiger partial charge in [-0.05, 0) is 18.8 Å². The Labute approximate surface area is 139 Å². The molecule has 126 valence electrons. The minimum atomic E-state index is -0.456. The number of nitrogens with two attached hydrogens (primary N) is 2. The lowest BCUT2D eigenvalue weighted by atomic mass is 9.86. The van der Waals surface area contributed by atoms with Gasteiger partial charge in [0.2, 0.25) is 5.91 Å². The quantitative estimate of drug-likeness (QED) is 0.477. The van der Waals surface area contributed by atoms with Crippen molar-refractivity contribution in [1.29, 1.82) is 0 Å². The van der Waals surface area contributed by atoms with Crippen LogP contribution in [0.4, 0.5) is 16.4 Å². The van der Waals surface area contributed by atoms with E-state index < -0.39 is 11.9 Å². The largest absolute Gasteiger partial charge is 0.383 e. The highest BCUT2D eigenvalue weighted by molar-refractivity contribution is 7.99. The van der Waals surface area contributed by atoms with Crippen LogP contribution in [0, 0.1) is 5.92 Å². The maximum atomic E-state index is 11.9. The minimum absolute atomic E-state index is 0.0104. The zero-order valence-corrected chi connectivity index (χ0v) is 13.9. The molecular weight excluding hydrogens is 316 g/mol. The summed E-state index contributed by atoms with van der Waals surface area (Å²) in [4.78, 5) is 31.6. The molecule has 3 amide bonds. The average Bonchev–Trinajstić information content (AvgIpc) is 2.46. The number of carbonyl (C=O) groups excluding carboxylic acids is 2. The van der Waals surface area contributed by atoms with Crippen LogP contribution in [-0.2, 0) is 4.79 Å². The number of nitrogens with one attached hydrogen (secondary N) is 2. The van der Waals surface area contributed by atoms with E-state index in [1.807, 2.05) is 0 Å². The lowest BCUT2D eigenvalue weighted by molar-refractivity contribution is -0.117. The fourth-order valence-corrected chi connectivity index (χ4v) is 3.23. The second-order valence-electron chi connectivity index (χ2n) is 5.68. The second-order valence-corrected chi connectivity index (χ2v) is 6.62. The van der Waals surface area contributed by atoms with Crippen molar-refractivity contribution in [2.75, 3.05) is 17.2 Å². The van der Waals surface area contributed by atoms with Gasteiger partial charge in [-0.1, -0.05) is 31.5 Å². The number of hydrogen-bond donors (Lipinski definition) is 4. The Hall–Kier alpha value is -2.03. The van der Waals surface area contributed by atoms with E-state index in [4.69, 9.17) is 11.5 Å². The van der Waals surface area contributed by atoms with Gasteiger partial charge in [0.25, 0.3) is 0 Å². The minimum Gasteiger partial charge on any atom is -0.383 e. The van der Waals surface area contributed by atoms with Crippen molar-refractivity contribution >= 4 is 35.3 Å². The van der Waals surface area contributed by atoms with Gasteiger partial charge in [-0.3, -0.25) is 10.1 Å². The molecule has 1 aliphatic carbocycles. The maximum absolute atomic E-state index is 11.9. The molecule has 0 bridgehead atoms. The first-order valence-corrected chi connectivity index (χ1v) is 8.56. The van der Waals surface area contributed by atoms with Crippen molar-refractivity contribution < 1.29 is 9.59 Å².